The number of rotatable bonds is 4. The standard InChI is InChI=1S/C21H18F2N2O3/c1-12-7-13(2)25(10-14-3-5-16(22)17(23)8-14)20(12)21(26)24-15-4-6-18-19(9-15)28-11-27-18/h3-9H,10-11H2,1-2H3,(H,24,26). The van der Waals surface area contributed by atoms with Gasteiger partial charge in [-0.3, -0.25) is 4.79 Å². The van der Waals surface area contributed by atoms with Crippen LogP contribution in [0.4, 0.5) is 14.5 Å². The molecule has 2 aromatic carbocycles. The van der Waals surface area contributed by atoms with Gasteiger partial charge in [-0.05, 0) is 55.3 Å². The Morgan fingerprint density at radius 2 is 1.82 bits per heavy atom. The molecule has 0 bridgehead atoms. The van der Waals surface area contributed by atoms with E-state index in [1.54, 1.807) is 22.8 Å². The van der Waals surface area contributed by atoms with Crippen LogP contribution in [0.2, 0.25) is 0 Å². The highest BCUT2D eigenvalue weighted by Gasteiger charge is 2.20. The lowest BCUT2D eigenvalue weighted by atomic mass is 10.2. The summed E-state index contributed by atoms with van der Waals surface area (Å²) in [6.45, 7) is 4.11. The lowest BCUT2D eigenvalue weighted by Crippen LogP contribution is -2.19. The van der Waals surface area contributed by atoms with Gasteiger partial charge in [0.05, 0.1) is 0 Å². The quantitative estimate of drug-likeness (QED) is 0.725. The Kier molecular flexibility index (Phi) is 4.50. The van der Waals surface area contributed by atoms with Gasteiger partial charge in [0.15, 0.2) is 23.1 Å². The van der Waals surface area contributed by atoms with Gasteiger partial charge in [-0.25, -0.2) is 8.78 Å². The van der Waals surface area contributed by atoms with E-state index >= 15 is 0 Å². The SMILES string of the molecule is Cc1cc(C)n(Cc2ccc(F)c(F)c2)c1C(=O)Nc1ccc2c(c1)OCO2. The summed E-state index contributed by atoms with van der Waals surface area (Å²) in [7, 11) is 0. The summed E-state index contributed by atoms with van der Waals surface area (Å²) in [5.41, 5.74) is 3.23. The number of fused-ring (bicyclic) bond motifs is 1. The van der Waals surface area contributed by atoms with Crippen molar-refractivity contribution in [1.82, 2.24) is 4.57 Å². The third kappa shape index (κ3) is 3.31. The molecule has 2 heterocycles. The zero-order valence-electron chi connectivity index (χ0n) is 15.4. The van der Waals surface area contributed by atoms with Crippen molar-refractivity contribution in [3.8, 4) is 11.5 Å². The summed E-state index contributed by atoms with van der Waals surface area (Å²) in [6.07, 6.45) is 0. The number of ether oxygens (including phenoxy) is 2. The van der Waals surface area contributed by atoms with E-state index in [9.17, 15) is 13.6 Å². The molecule has 1 aliphatic heterocycles. The zero-order chi connectivity index (χ0) is 19.8. The lowest BCUT2D eigenvalue weighted by molar-refractivity contribution is 0.101. The van der Waals surface area contributed by atoms with Crippen LogP contribution in [0, 0.1) is 25.5 Å². The fourth-order valence-corrected chi connectivity index (χ4v) is 3.34. The van der Waals surface area contributed by atoms with E-state index in [1.807, 2.05) is 19.9 Å². The average molecular weight is 384 g/mol. The van der Waals surface area contributed by atoms with E-state index in [0.29, 0.717) is 28.4 Å². The van der Waals surface area contributed by atoms with Crippen LogP contribution in [-0.2, 0) is 6.54 Å². The minimum atomic E-state index is -0.912. The molecule has 0 radical (unpaired) electrons. The predicted octanol–water partition coefficient (Wildman–Crippen LogP) is 4.41. The second-order valence-corrected chi connectivity index (χ2v) is 6.67. The Morgan fingerprint density at radius 1 is 1.04 bits per heavy atom. The Balaban J connectivity index is 1.62. The lowest BCUT2D eigenvalue weighted by Gasteiger charge is -2.13. The number of aromatic nitrogens is 1. The van der Waals surface area contributed by atoms with Crippen molar-refractivity contribution in [2.75, 3.05) is 12.1 Å². The molecule has 144 valence electrons. The first kappa shape index (κ1) is 18.0. The zero-order valence-corrected chi connectivity index (χ0v) is 15.4. The second kappa shape index (κ2) is 6.99. The van der Waals surface area contributed by atoms with Gasteiger partial charge in [-0.1, -0.05) is 6.07 Å². The molecule has 1 N–H and O–H groups in total. The van der Waals surface area contributed by atoms with E-state index in [2.05, 4.69) is 5.32 Å². The maximum Gasteiger partial charge on any atom is 0.272 e. The molecule has 28 heavy (non-hydrogen) atoms. The number of hydrogen-bond donors (Lipinski definition) is 1. The molecular formula is C21H18F2N2O3. The molecule has 1 aliphatic rings. The van der Waals surface area contributed by atoms with Crippen LogP contribution < -0.4 is 14.8 Å². The van der Waals surface area contributed by atoms with Gasteiger partial charge in [0.25, 0.3) is 5.91 Å². The van der Waals surface area contributed by atoms with Gasteiger partial charge in [0.2, 0.25) is 6.79 Å². The van der Waals surface area contributed by atoms with Crippen molar-refractivity contribution in [2.24, 2.45) is 0 Å². The minimum Gasteiger partial charge on any atom is -0.454 e. The van der Waals surface area contributed by atoms with Gasteiger partial charge >= 0.3 is 0 Å². The monoisotopic (exact) mass is 384 g/mol. The van der Waals surface area contributed by atoms with Gasteiger partial charge < -0.3 is 19.4 Å². The van der Waals surface area contributed by atoms with Gasteiger partial charge in [-0.2, -0.15) is 0 Å². The normalized spacial score (nSPS) is 12.3. The molecule has 3 aromatic rings. The van der Waals surface area contributed by atoms with E-state index in [4.69, 9.17) is 9.47 Å². The highest BCUT2D eigenvalue weighted by Crippen LogP contribution is 2.34. The summed E-state index contributed by atoms with van der Waals surface area (Å²) >= 11 is 0. The molecular weight excluding hydrogens is 366 g/mol. The number of nitrogens with zero attached hydrogens (tertiary/aromatic N) is 1. The summed E-state index contributed by atoms with van der Waals surface area (Å²) in [5, 5.41) is 2.86. The van der Waals surface area contributed by atoms with Crippen LogP contribution in [0.25, 0.3) is 0 Å². The number of carbonyl (C=O) groups is 1. The third-order valence-corrected chi connectivity index (χ3v) is 4.66. The van der Waals surface area contributed by atoms with E-state index in [-0.39, 0.29) is 19.2 Å². The van der Waals surface area contributed by atoms with Crippen molar-refractivity contribution < 1.29 is 23.0 Å². The number of halogens is 2. The van der Waals surface area contributed by atoms with Crippen LogP contribution in [0.5, 0.6) is 11.5 Å². The largest absolute Gasteiger partial charge is 0.454 e. The van der Waals surface area contributed by atoms with Crippen molar-refractivity contribution in [3.63, 3.8) is 0 Å². The van der Waals surface area contributed by atoms with Gasteiger partial charge in [0.1, 0.15) is 5.69 Å². The number of carbonyl (C=O) groups excluding carboxylic acids is 1. The minimum absolute atomic E-state index is 0.155. The molecule has 0 saturated carbocycles. The Hall–Kier alpha value is -3.35. The smallest absolute Gasteiger partial charge is 0.272 e. The fourth-order valence-electron chi connectivity index (χ4n) is 3.34. The van der Waals surface area contributed by atoms with E-state index in [1.165, 1.54) is 6.07 Å². The predicted molar refractivity (Wildman–Crippen MR) is 99.9 cm³/mol. The molecule has 1 amide bonds. The summed E-state index contributed by atoms with van der Waals surface area (Å²) in [6, 6.07) is 10.8. The molecule has 7 heteroatoms. The van der Waals surface area contributed by atoms with Crippen molar-refractivity contribution in [1.29, 1.82) is 0 Å². The van der Waals surface area contributed by atoms with Crippen LogP contribution in [0.3, 0.4) is 0 Å². The highest BCUT2D eigenvalue weighted by molar-refractivity contribution is 6.04. The first-order valence-corrected chi connectivity index (χ1v) is 8.74. The number of benzene rings is 2. The van der Waals surface area contributed by atoms with E-state index in [0.717, 1.165) is 23.4 Å². The first-order valence-electron chi connectivity index (χ1n) is 8.74. The summed E-state index contributed by atoms with van der Waals surface area (Å²) < 4.78 is 39.1. The van der Waals surface area contributed by atoms with Crippen LogP contribution >= 0.6 is 0 Å². The molecule has 0 unspecified atom stereocenters. The number of anilines is 1. The number of hydrogen-bond acceptors (Lipinski definition) is 3. The van der Waals surface area contributed by atoms with Gasteiger partial charge in [-0.15, -0.1) is 0 Å². The van der Waals surface area contributed by atoms with E-state index < -0.39 is 11.6 Å². The van der Waals surface area contributed by atoms with Crippen molar-refractivity contribution >= 4 is 11.6 Å². The molecule has 0 spiro atoms. The maximum atomic E-state index is 13.6. The van der Waals surface area contributed by atoms with Crippen molar-refractivity contribution in [2.45, 2.75) is 20.4 Å². The third-order valence-electron chi connectivity index (χ3n) is 4.66. The van der Waals surface area contributed by atoms with Crippen LogP contribution in [0.1, 0.15) is 27.3 Å². The fraction of sp³-hybridized carbons (Fsp3) is 0.190. The van der Waals surface area contributed by atoms with Crippen LogP contribution in [0.15, 0.2) is 42.5 Å². The number of amides is 1. The first-order chi connectivity index (χ1) is 13.4. The van der Waals surface area contributed by atoms with Gasteiger partial charge in [0, 0.05) is 24.0 Å². The Bertz CT molecular complexity index is 1080. The molecule has 0 aliphatic carbocycles. The second-order valence-electron chi connectivity index (χ2n) is 6.67. The summed E-state index contributed by atoms with van der Waals surface area (Å²) in [5.74, 6) is -0.906. The topological polar surface area (TPSA) is 52.5 Å². The number of aryl methyl sites for hydroxylation is 2. The molecule has 0 fully saturated rings. The molecule has 4 rings (SSSR count). The van der Waals surface area contributed by atoms with Crippen LogP contribution in [-0.4, -0.2) is 17.3 Å². The van der Waals surface area contributed by atoms with Crippen molar-refractivity contribution in [3.05, 3.63) is 76.6 Å². The highest BCUT2D eigenvalue weighted by atomic mass is 19.2. The average Bonchev–Trinajstić information content (AvgIpc) is 3.22. The maximum absolute atomic E-state index is 13.6. The molecule has 0 saturated heterocycles. The Labute approximate surface area is 160 Å². The molecule has 1 aromatic heterocycles. The number of nitrogens with one attached hydrogen (secondary N) is 1. The Morgan fingerprint density at radius 3 is 2.61 bits per heavy atom. The molecule has 0 atom stereocenters. The molecule has 5 nitrogen and oxygen atoms in total. The summed E-state index contributed by atoms with van der Waals surface area (Å²) in [4.78, 5) is 12.9.